The standard InChI is InChI=1S/C29H27N5O2/c35-28-24(25-18-30-26-9-5-4-8-23(25)26)16-21-10-11-22(17-27(21)32-28)31-29(36)34-14-12-33(13-15-34)19-20-6-2-1-3-7-20/h1-11,16-18,30H,12-15,19H2,(H,31,36)(H,32,35). The first-order valence-corrected chi connectivity index (χ1v) is 12.2. The quantitative estimate of drug-likeness (QED) is 0.340. The molecule has 3 aromatic carbocycles. The van der Waals surface area contributed by atoms with E-state index in [1.54, 1.807) is 0 Å². The summed E-state index contributed by atoms with van der Waals surface area (Å²) < 4.78 is 0. The Morgan fingerprint density at radius 3 is 2.44 bits per heavy atom. The number of hydrogen-bond acceptors (Lipinski definition) is 3. The van der Waals surface area contributed by atoms with Crippen LogP contribution in [0.1, 0.15) is 5.56 Å². The second-order valence-corrected chi connectivity index (χ2v) is 9.24. The largest absolute Gasteiger partial charge is 0.361 e. The van der Waals surface area contributed by atoms with Crippen LogP contribution in [0.25, 0.3) is 32.9 Å². The van der Waals surface area contributed by atoms with Crippen LogP contribution in [0.4, 0.5) is 10.5 Å². The minimum atomic E-state index is -0.162. The highest BCUT2D eigenvalue weighted by molar-refractivity contribution is 5.98. The molecule has 1 fully saturated rings. The second kappa shape index (κ2) is 9.36. The molecule has 0 saturated carbocycles. The number of fused-ring (bicyclic) bond motifs is 2. The summed E-state index contributed by atoms with van der Waals surface area (Å²) in [5.41, 5.74) is 4.95. The van der Waals surface area contributed by atoms with E-state index in [-0.39, 0.29) is 11.6 Å². The molecule has 5 aromatic rings. The summed E-state index contributed by atoms with van der Waals surface area (Å²) in [7, 11) is 0. The number of hydrogen-bond donors (Lipinski definition) is 3. The number of aromatic amines is 2. The zero-order valence-electron chi connectivity index (χ0n) is 19.8. The first-order chi connectivity index (χ1) is 17.6. The van der Waals surface area contributed by atoms with Crippen molar-refractivity contribution in [1.29, 1.82) is 0 Å². The van der Waals surface area contributed by atoms with E-state index in [0.717, 1.165) is 41.5 Å². The molecule has 0 radical (unpaired) electrons. The van der Waals surface area contributed by atoms with E-state index in [1.165, 1.54) is 5.56 Å². The number of piperazine rings is 1. The Balaban J connectivity index is 1.15. The first-order valence-electron chi connectivity index (χ1n) is 12.2. The number of carbonyl (C=O) groups excluding carboxylic acids is 1. The lowest BCUT2D eigenvalue weighted by atomic mass is 10.0. The van der Waals surface area contributed by atoms with Gasteiger partial charge in [-0.15, -0.1) is 0 Å². The van der Waals surface area contributed by atoms with Crippen LogP contribution in [0.5, 0.6) is 0 Å². The van der Waals surface area contributed by atoms with Gasteiger partial charge in [0, 0.05) is 66.6 Å². The molecule has 1 aliphatic rings. The number of para-hydroxylation sites is 1. The van der Waals surface area contributed by atoms with Crippen LogP contribution >= 0.6 is 0 Å². The second-order valence-electron chi connectivity index (χ2n) is 9.24. The molecular weight excluding hydrogens is 450 g/mol. The molecule has 7 nitrogen and oxygen atoms in total. The predicted molar refractivity (Wildman–Crippen MR) is 144 cm³/mol. The molecule has 2 amide bonds. The van der Waals surface area contributed by atoms with E-state index in [2.05, 4.69) is 44.5 Å². The Morgan fingerprint density at radius 1 is 0.833 bits per heavy atom. The van der Waals surface area contributed by atoms with Crippen molar-refractivity contribution in [3.8, 4) is 11.1 Å². The maximum Gasteiger partial charge on any atom is 0.321 e. The van der Waals surface area contributed by atoms with Crippen LogP contribution in [0.2, 0.25) is 0 Å². The maximum absolute atomic E-state index is 12.9. The van der Waals surface area contributed by atoms with Crippen LogP contribution < -0.4 is 10.9 Å². The lowest BCUT2D eigenvalue weighted by Crippen LogP contribution is -2.49. The zero-order valence-corrected chi connectivity index (χ0v) is 19.8. The van der Waals surface area contributed by atoms with Crippen molar-refractivity contribution >= 4 is 33.5 Å². The first kappa shape index (κ1) is 22.1. The highest BCUT2D eigenvalue weighted by Gasteiger charge is 2.21. The molecule has 0 spiro atoms. The Morgan fingerprint density at radius 2 is 1.61 bits per heavy atom. The number of aromatic nitrogens is 2. The molecule has 2 aromatic heterocycles. The third-order valence-electron chi connectivity index (χ3n) is 6.89. The van der Waals surface area contributed by atoms with Gasteiger partial charge in [-0.3, -0.25) is 9.69 Å². The van der Waals surface area contributed by atoms with Crippen LogP contribution in [0.15, 0.2) is 89.9 Å². The van der Waals surface area contributed by atoms with Crippen LogP contribution in [-0.4, -0.2) is 52.0 Å². The number of pyridine rings is 1. The summed E-state index contributed by atoms with van der Waals surface area (Å²) in [5.74, 6) is 0. The van der Waals surface area contributed by atoms with Gasteiger partial charge in [-0.1, -0.05) is 54.6 Å². The van der Waals surface area contributed by atoms with E-state index in [4.69, 9.17) is 0 Å². The lowest BCUT2D eigenvalue weighted by molar-refractivity contribution is 0.143. The molecule has 0 atom stereocenters. The number of anilines is 1. The number of amides is 2. The highest BCUT2D eigenvalue weighted by atomic mass is 16.2. The van der Waals surface area contributed by atoms with Gasteiger partial charge in [-0.05, 0) is 35.2 Å². The molecular formula is C29H27N5O2. The van der Waals surface area contributed by atoms with E-state index >= 15 is 0 Å². The van der Waals surface area contributed by atoms with Crippen LogP contribution in [0, 0.1) is 0 Å². The van der Waals surface area contributed by atoms with Gasteiger partial charge in [-0.2, -0.15) is 0 Å². The minimum absolute atomic E-state index is 0.119. The molecule has 0 unspecified atom stereocenters. The third kappa shape index (κ3) is 4.36. The fourth-order valence-corrected chi connectivity index (χ4v) is 4.93. The van der Waals surface area contributed by atoms with Gasteiger partial charge < -0.3 is 20.2 Å². The number of nitrogens with one attached hydrogen (secondary N) is 3. The monoisotopic (exact) mass is 477 g/mol. The van der Waals surface area contributed by atoms with Gasteiger partial charge in [0.1, 0.15) is 0 Å². The SMILES string of the molecule is O=C(Nc1ccc2cc(-c3c[nH]c4ccccc34)c(=O)[nH]c2c1)N1CCN(Cc2ccccc2)CC1. The van der Waals surface area contributed by atoms with Gasteiger partial charge in [0.15, 0.2) is 0 Å². The Bertz CT molecular complexity index is 1600. The summed E-state index contributed by atoms with van der Waals surface area (Å²) in [6.45, 7) is 3.93. The average Bonchev–Trinajstić information content (AvgIpc) is 3.33. The van der Waals surface area contributed by atoms with Crippen molar-refractivity contribution in [3.63, 3.8) is 0 Å². The smallest absolute Gasteiger partial charge is 0.321 e. The van der Waals surface area contributed by atoms with Crippen molar-refractivity contribution < 1.29 is 4.79 Å². The summed E-state index contributed by atoms with van der Waals surface area (Å²) in [5, 5.41) is 4.91. The Labute approximate surface area is 208 Å². The number of rotatable bonds is 4. The molecule has 6 rings (SSSR count). The van der Waals surface area contributed by atoms with E-state index in [9.17, 15) is 9.59 Å². The fourth-order valence-electron chi connectivity index (χ4n) is 4.93. The zero-order chi connectivity index (χ0) is 24.5. The molecule has 180 valence electrons. The van der Waals surface area contributed by atoms with Crippen molar-refractivity contribution in [3.05, 3.63) is 101 Å². The predicted octanol–water partition coefficient (Wildman–Crippen LogP) is 5.03. The number of carbonyl (C=O) groups is 1. The topological polar surface area (TPSA) is 84.2 Å². The molecule has 1 aliphatic heterocycles. The molecule has 1 saturated heterocycles. The molecule has 0 bridgehead atoms. The fraction of sp³-hybridized carbons (Fsp3) is 0.172. The number of nitrogens with zero attached hydrogens (tertiary/aromatic N) is 2. The maximum atomic E-state index is 12.9. The Hall–Kier alpha value is -4.36. The van der Waals surface area contributed by atoms with E-state index in [1.807, 2.05) is 65.7 Å². The molecule has 3 heterocycles. The van der Waals surface area contributed by atoms with Gasteiger partial charge in [0.25, 0.3) is 5.56 Å². The third-order valence-corrected chi connectivity index (χ3v) is 6.89. The number of benzene rings is 3. The van der Waals surface area contributed by atoms with Crippen LogP contribution in [0.3, 0.4) is 0 Å². The van der Waals surface area contributed by atoms with Gasteiger partial charge in [0.2, 0.25) is 0 Å². The summed E-state index contributed by atoms with van der Waals surface area (Å²) in [4.78, 5) is 36.3. The minimum Gasteiger partial charge on any atom is -0.361 e. The van der Waals surface area contributed by atoms with E-state index in [0.29, 0.717) is 29.9 Å². The van der Waals surface area contributed by atoms with Crippen molar-refractivity contribution in [2.45, 2.75) is 6.54 Å². The van der Waals surface area contributed by atoms with Gasteiger partial charge >= 0.3 is 6.03 Å². The van der Waals surface area contributed by atoms with Crippen molar-refractivity contribution in [2.75, 3.05) is 31.5 Å². The number of H-pyrrole nitrogens is 2. The number of urea groups is 1. The lowest BCUT2D eigenvalue weighted by Gasteiger charge is -2.34. The normalized spacial score (nSPS) is 14.4. The van der Waals surface area contributed by atoms with Crippen LogP contribution in [-0.2, 0) is 6.54 Å². The average molecular weight is 478 g/mol. The molecule has 0 aliphatic carbocycles. The van der Waals surface area contributed by atoms with Gasteiger partial charge in [-0.25, -0.2) is 4.79 Å². The summed E-state index contributed by atoms with van der Waals surface area (Å²) >= 11 is 0. The highest BCUT2D eigenvalue weighted by Crippen LogP contribution is 2.28. The summed E-state index contributed by atoms with van der Waals surface area (Å²) in [6.07, 6.45) is 1.87. The van der Waals surface area contributed by atoms with Crippen molar-refractivity contribution in [1.82, 2.24) is 19.8 Å². The molecule has 3 N–H and O–H groups in total. The Kier molecular flexibility index (Phi) is 5.75. The van der Waals surface area contributed by atoms with Crippen molar-refractivity contribution in [2.24, 2.45) is 0 Å². The van der Waals surface area contributed by atoms with Gasteiger partial charge in [0.05, 0.1) is 5.52 Å². The van der Waals surface area contributed by atoms with E-state index < -0.39 is 0 Å². The molecule has 7 heteroatoms. The molecule has 36 heavy (non-hydrogen) atoms. The summed E-state index contributed by atoms with van der Waals surface area (Å²) in [6, 6.07) is 25.7.